The number of carbonyl (C=O) groups is 1. The zero-order valence-electron chi connectivity index (χ0n) is 10.1. The van der Waals surface area contributed by atoms with Gasteiger partial charge < -0.3 is 5.11 Å². The third kappa shape index (κ3) is 3.64. The van der Waals surface area contributed by atoms with E-state index in [1.807, 2.05) is 0 Å². The number of hydrogen-bond donors (Lipinski definition) is 2. The lowest BCUT2D eigenvalue weighted by atomic mass is 9.92. The molecule has 0 amide bonds. The van der Waals surface area contributed by atoms with E-state index >= 15 is 0 Å². The number of halogens is 2. The largest absolute Gasteiger partial charge is 0.480 e. The average Bonchev–Trinajstić information content (AvgIpc) is 2.33. The molecule has 0 radical (unpaired) electrons. The summed E-state index contributed by atoms with van der Waals surface area (Å²) < 4.78 is 26.3. The van der Waals surface area contributed by atoms with Crippen molar-refractivity contribution < 1.29 is 18.7 Å². The van der Waals surface area contributed by atoms with E-state index in [1.54, 1.807) is 0 Å². The Morgan fingerprint density at radius 1 is 1.47 bits per heavy atom. The predicted octanol–water partition coefficient (Wildman–Crippen LogP) is 2.16. The summed E-state index contributed by atoms with van der Waals surface area (Å²) in [5.74, 6) is -3.02. The first-order chi connectivity index (χ1) is 8.90. The molecule has 0 saturated carbocycles. The van der Waals surface area contributed by atoms with Gasteiger partial charge in [0.15, 0.2) is 0 Å². The van der Waals surface area contributed by atoms with Crippen LogP contribution in [0.2, 0.25) is 0 Å². The SMILES string of the molecule is CC(NCCN=[N+]=[N-])(C(=O)O)c1cc(F)cc(F)c1. The van der Waals surface area contributed by atoms with E-state index in [4.69, 9.17) is 5.53 Å². The van der Waals surface area contributed by atoms with Crippen LogP contribution in [0.3, 0.4) is 0 Å². The minimum Gasteiger partial charge on any atom is -0.480 e. The molecule has 0 fully saturated rings. The second-order valence-corrected chi connectivity index (χ2v) is 3.97. The van der Waals surface area contributed by atoms with Crippen LogP contribution >= 0.6 is 0 Å². The molecule has 0 spiro atoms. The smallest absolute Gasteiger partial charge is 0.328 e. The molecule has 0 saturated heterocycles. The molecule has 0 aliphatic heterocycles. The summed E-state index contributed by atoms with van der Waals surface area (Å²) in [4.78, 5) is 13.8. The number of azide groups is 1. The first-order valence-corrected chi connectivity index (χ1v) is 5.36. The van der Waals surface area contributed by atoms with Crippen molar-refractivity contribution >= 4 is 5.97 Å². The Hall–Kier alpha value is -2.18. The van der Waals surface area contributed by atoms with E-state index in [9.17, 15) is 18.7 Å². The molecule has 2 N–H and O–H groups in total. The maximum atomic E-state index is 13.1. The van der Waals surface area contributed by atoms with Gasteiger partial charge in [-0.15, -0.1) is 0 Å². The normalized spacial score (nSPS) is 13.4. The van der Waals surface area contributed by atoms with Crippen LogP contribution in [0, 0.1) is 11.6 Å². The number of aliphatic carboxylic acids is 1. The first kappa shape index (κ1) is 14.9. The van der Waals surface area contributed by atoms with Crippen LogP contribution in [0.25, 0.3) is 10.4 Å². The van der Waals surface area contributed by atoms with E-state index < -0.39 is 23.1 Å². The predicted molar refractivity (Wildman–Crippen MR) is 63.4 cm³/mol. The molecular formula is C11H12F2N4O2. The summed E-state index contributed by atoms with van der Waals surface area (Å²) in [7, 11) is 0. The number of nitrogens with zero attached hydrogens (tertiary/aromatic N) is 3. The van der Waals surface area contributed by atoms with Crippen LogP contribution in [-0.2, 0) is 10.3 Å². The number of nitrogens with one attached hydrogen (secondary N) is 1. The van der Waals surface area contributed by atoms with Gasteiger partial charge in [0.1, 0.15) is 17.2 Å². The summed E-state index contributed by atoms with van der Waals surface area (Å²) in [5, 5.41) is 15.1. The fourth-order valence-electron chi connectivity index (χ4n) is 1.54. The van der Waals surface area contributed by atoms with Crippen molar-refractivity contribution in [2.24, 2.45) is 5.11 Å². The topological polar surface area (TPSA) is 98.1 Å². The highest BCUT2D eigenvalue weighted by Crippen LogP contribution is 2.23. The molecular weight excluding hydrogens is 258 g/mol. The Kier molecular flexibility index (Phi) is 4.80. The van der Waals surface area contributed by atoms with Gasteiger partial charge in [-0.1, -0.05) is 5.11 Å². The van der Waals surface area contributed by atoms with Crippen LogP contribution in [0.5, 0.6) is 0 Å². The van der Waals surface area contributed by atoms with Gasteiger partial charge in [0, 0.05) is 24.1 Å². The van der Waals surface area contributed by atoms with Crippen molar-refractivity contribution in [3.63, 3.8) is 0 Å². The Morgan fingerprint density at radius 2 is 2.05 bits per heavy atom. The van der Waals surface area contributed by atoms with Crippen LogP contribution in [-0.4, -0.2) is 24.2 Å². The molecule has 6 nitrogen and oxygen atoms in total. The Labute approximate surface area is 107 Å². The van der Waals surface area contributed by atoms with Gasteiger partial charge in [-0.05, 0) is 30.2 Å². The summed E-state index contributed by atoms with van der Waals surface area (Å²) in [6, 6.07) is 2.54. The summed E-state index contributed by atoms with van der Waals surface area (Å²) in [6.07, 6.45) is 0. The van der Waals surface area contributed by atoms with Gasteiger partial charge in [-0.3, -0.25) is 5.32 Å². The molecule has 102 valence electrons. The van der Waals surface area contributed by atoms with Crippen LogP contribution < -0.4 is 5.32 Å². The van der Waals surface area contributed by atoms with Gasteiger partial charge in [-0.25, -0.2) is 13.6 Å². The molecule has 19 heavy (non-hydrogen) atoms. The minimum absolute atomic E-state index is 0.0250. The lowest BCUT2D eigenvalue weighted by Crippen LogP contribution is -2.47. The van der Waals surface area contributed by atoms with Crippen LogP contribution in [0.15, 0.2) is 23.3 Å². The Balaban J connectivity index is 3.03. The molecule has 1 rings (SSSR count). The van der Waals surface area contributed by atoms with Crippen LogP contribution in [0.1, 0.15) is 12.5 Å². The van der Waals surface area contributed by atoms with Crippen LogP contribution in [0.4, 0.5) is 8.78 Å². The molecule has 0 aliphatic carbocycles. The molecule has 1 atom stereocenters. The quantitative estimate of drug-likeness (QED) is 0.358. The van der Waals surface area contributed by atoms with Crippen molar-refractivity contribution in [1.82, 2.24) is 5.32 Å². The summed E-state index contributed by atoms with van der Waals surface area (Å²) in [6.45, 7) is 1.36. The van der Waals surface area contributed by atoms with Crippen molar-refractivity contribution in [3.05, 3.63) is 45.8 Å². The van der Waals surface area contributed by atoms with Gasteiger partial charge >= 0.3 is 5.97 Å². The molecule has 0 heterocycles. The molecule has 0 aromatic heterocycles. The number of hydrogen-bond acceptors (Lipinski definition) is 3. The second-order valence-electron chi connectivity index (χ2n) is 3.97. The molecule has 0 bridgehead atoms. The third-order valence-corrected chi connectivity index (χ3v) is 2.62. The number of rotatable bonds is 6. The van der Waals surface area contributed by atoms with E-state index in [0.29, 0.717) is 6.07 Å². The van der Waals surface area contributed by atoms with Crippen molar-refractivity contribution in [3.8, 4) is 0 Å². The summed E-state index contributed by atoms with van der Waals surface area (Å²) in [5.41, 5.74) is 6.38. The van der Waals surface area contributed by atoms with E-state index in [-0.39, 0.29) is 18.7 Å². The van der Waals surface area contributed by atoms with E-state index in [1.165, 1.54) is 6.92 Å². The number of benzene rings is 1. The van der Waals surface area contributed by atoms with Crippen molar-refractivity contribution in [2.75, 3.05) is 13.1 Å². The van der Waals surface area contributed by atoms with Gasteiger partial charge in [-0.2, -0.15) is 0 Å². The third-order valence-electron chi connectivity index (χ3n) is 2.62. The van der Waals surface area contributed by atoms with Crippen molar-refractivity contribution in [2.45, 2.75) is 12.5 Å². The highest BCUT2D eigenvalue weighted by atomic mass is 19.1. The number of carboxylic acid groups (broad SMARTS) is 1. The maximum Gasteiger partial charge on any atom is 0.328 e. The zero-order valence-corrected chi connectivity index (χ0v) is 10.1. The molecule has 8 heteroatoms. The molecule has 0 aliphatic rings. The maximum absolute atomic E-state index is 13.1. The zero-order chi connectivity index (χ0) is 14.5. The monoisotopic (exact) mass is 270 g/mol. The van der Waals surface area contributed by atoms with Gasteiger partial charge in [0.2, 0.25) is 0 Å². The Morgan fingerprint density at radius 3 is 2.53 bits per heavy atom. The van der Waals surface area contributed by atoms with E-state index in [0.717, 1.165) is 12.1 Å². The first-order valence-electron chi connectivity index (χ1n) is 5.36. The standard InChI is InChI=1S/C11H12F2N4O2/c1-11(10(18)19,15-2-3-16-17-14)7-4-8(12)6-9(13)5-7/h4-6,15H,2-3H2,1H3,(H,18,19). The minimum atomic E-state index is -1.67. The van der Waals surface area contributed by atoms with Gasteiger partial charge in [0.05, 0.1) is 0 Å². The second kappa shape index (κ2) is 6.12. The Bertz CT molecular complexity index is 511. The van der Waals surface area contributed by atoms with Crippen molar-refractivity contribution in [1.29, 1.82) is 0 Å². The van der Waals surface area contributed by atoms with Gasteiger partial charge in [0.25, 0.3) is 0 Å². The fourth-order valence-corrected chi connectivity index (χ4v) is 1.54. The highest BCUT2D eigenvalue weighted by molar-refractivity contribution is 5.80. The average molecular weight is 270 g/mol. The fraction of sp³-hybridized carbons (Fsp3) is 0.364. The molecule has 1 aromatic rings. The lowest BCUT2D eigenvalue weighted by molar-refractivity contribution is -0.144. The van der Waals surface area contributed by atoms with E-state index in [2.05, 4.69) is 15.3 Å². The lowest BCUT2D eigenvalue weighted by Gasteiger charge is -2.26. The number of carboxylic acids is 1. The molecule has 1 unspecified atom stereocenters. The summed E-state index contributed by atoms with van der Waals surface area (Å²) >= 11 is 0. The molecule has 1 aromatic carbocycles. The highest BCUT2D eigenvalue weighted by Gasteiger charge is 2.35.